The molecule has 0 amide bonds. The molecule has 8 heterocycles. The van der Waals surface area contributed by atoms with Gasteiger partial charge in [0.15, 0.2) is 23.1 Å². The second kappa shape index (κ2) is 17.1. The van der Waals surface area contributed by atoms with E-state index in [1.807, 2.05) is 60.0 Å². The number of carbonyl (C=O) groups is 2. The molecule has 4 aliphatic heterocycles. The summed E-state index contributed by atoms with van der Waals surface area (Å²) in [4.78, 5) is 65.4. The Balaban J connectivity index is 0.000000170. The zero-order valence-corrected chi connectivity index (χ0v) is 35.1. The lowest BCUT2D eigenvalue weighted by Crippen LogP contribution is -2.47. The number of aromatic nitrogens is 4. The van der Waals surface area contributed by atoms with Gasteiger partial charge in [-0.15, -0.1) is 12.4 Å². The molecular formula is C44H43ClF2N8O8. The number of hydrogen-bond donors (Lipinski definition) is 2. The molecule has 2 atom stereocenters. The van der Waals surface area contributed by atoms with Crippen LogP contribution in [0.3, 0.4) is 0 Å². The summed E-state index contributed by atoms with van der Waals surface area (Å²) in [6, 6.07) is 13.4. The van der Waals surface area contributed by atoms with Crippen LogP contribution in [-0.4, -0.2) is 107 Å². The van der Waals surface area contributed by atoms with Crippen molar-refractivity contribution in [3.05, 3.63) is 117 Å². The van der Waals surface area contributed by atoms with Gasteiger partial charge >= 0.3 is 11.9 Å². The first kappa shape index (κ1) is 42.7. The van der Waals surface area contributed by atoms with E-state index < -0.39 is 34.4 Å². The first-order valence-electron chi connectivity index (χ1n) is 20.3. The topological polar surface area (TPSA) is 176 Å². The molecule has 16 nitrogen and oxygen atoms in total. The van der Waals surface area contributed by atoms with Crippen LogP contribution in [0.4, 0.5) is 31.8 Å². The number of carboxylic acid groups (broad SMARTS) is 2. The van der Waals surface area contributed by atoms with Crippen LogP contribution in [0, 0.1) is 11.6 Å². The summed E-state index contributed by atoms with van der Waals surface area (Å²) in [5.74, 6) is -1.48. The average Bonchev–Trinajstić information content (AvgIpc) is 3.28. The van der Waals surface area contributed by atoms with Gasteiger partial charge in [-0.1, -0.05) is 12.1 Å². The summed E-state index contributed by atoms with van der Waals surface area (Å²) < 4.78 is 45.9. The zero-order chi connectivity index (χ0) is 43.4. The van der Waals surface area contributed by atoms with E-state index in [9.17, 15) is 29.4 Å². The number of carboxylic acids is 2. The van der Waals surface area contributed by atoms with Crippen molar-refractivity contribution in [2.24, 2.45) is 0 Å². The monoisotopic (exact) mass is 884 g/mol. The molecule has 2 N–H and O–H groups in total. The molecule has 0 unspecified atom stereocenters. The van der Waals surface area contributed by atoms with Gasteiger partial charge in [0, 0.05) is 77.1 Å². The van der Waals surface area contributed by atoms with Gasteiger partial charge in [-0.25, -0.2) is 28.3 Å². The van der Waals surface area contributed by atoms with Crippen LogP contribution >= 0.6 is 12.4 Å². The number of piperazine rings is 2. The summed E-state index contributed by atoms with van der Waals surface area (Å²) in [7, 11) is 0. The molecule has 0 spiro atoms. The van der Waals surface area contributed by atoms with Gasteiger partial charge < -0.3 is 48.4 Å². The molecule has 4 aliphatic rings. The fourth-order valence-corrected chi connectivity index (χ4v) is 8.72. The van der Waals surface area contributed by atoms with Gasteiger partial charge in [-0.2, -0.15) is 0 Å². The fraction of sp³-hybridized carbons (Fsp3) is 0.318. The highest BCUT2D eigenvalue weighted by Crippen LogP contribution is 2.44. The van der Waals surface area contributed by atoms with Gasteiger partial charge in [-0.3, -0.25) is 9.59 Å². The fourth-order valence-electron chi connectivity index (χ4n) is 8.72. The molecule has 2 saturated heterocycles. The molecule has 2 fully saturated rings. The Morgan fingerprint density at radius 3 is 1.32 bits per heavy atom. The van der Waals surface area contributed by atoms with Crippen molar-refractivity contribution >= 4 is 69.2 Å². The van der Waals surface area contributed by atoms with E-state index in [0.717, 1.165) is 23.8 Å². The molecule has 6 aromatic rings. The maximum Gasteiger partial charge on any atom is 0.341 e. The second-order valence-electron chi connectivity index (χ2n) is 15.7. The SMILES string of the molecule is C[C@H]1COc2c(N3CCN(c4ccccn4)CC3)c(F)cc3c(=O)c(C(=O)O)cn1c23.C[C@H]1COc2c(N3CCN(c4ccccn4)CC3)c(F)cc3c(=O)c(C(=O)O)cn1c23.Cl. The Morgan fingerprint density at radius 1 is 0.619 bits per heavy atom. The third-order valence-electron chi connectivity index (χ3n) is 11.9. The quantitative estimate of drug-likeness (QED) is 0.216. The number of halogens is 3. The van der Waals surface area contributed by atoms with Crippen LogP contribution in [0.15, 0.2) is 82.9 Å². The number of pyridine rings is 4. The highest BCUT2D eigenvalue weighted by Gasteiger charge is 2.33. The Bertz CT molecular complexity index is 2670. The normalized spacial score (nSPS) is 17.9. The number of benzene rings is 2. The Kier molecular flexibility index (Phi) is 11.6. The van der Waals surface area contributed by atoms with E-state index in [1.54, 1.807) is 21.5 Å². The van der Waals surface area contributed by atoms with Crippen molar-refractivity contribution in [3.63, 3.8) is 0 Å². The molecule has 328 valence electrons. The molecule has 2 aromatic carbocycles. The van der Waals surface area contributed by atoms with E-state index >= 15 is 8.78 Å². The predicted octanol–water partition coefficient (Wildman–Crippen LogP) is 5.45. The molecule has 0 bridgehead atoms. The smallest absolute Gasteiger partial charge is 0.341 e. The minimum absolute atomic E-state index is 0. The summed E-state index contributed by atoms with van der Waals surface area (Å²) in [5.41, 5.74) is -0.639. The molecule has 10 rings (SSSR count). The molecule has 0 aliphatic carbocycles. The van der Waals surface area contributed by atoms with Crippen molar-refractivity contribution in [2.45, 2.75) is 25.9 Å². The first-order chi connectivity index (χ1) is 29.9. The Morgan fingerprint density at radius 2 is 0.984 bits per heavy atom. The minimum Gasteiger partial charge on any atom is -0.487 e. The standard InChI is InChI=1S/2C22H21FN4O4.ClH/c2*1-13-12-31-21-18-14(20(28)15(22(29)30)11-27(13)18)10-16(23)19(21)26-8-6-25(7-9-26)17-4-2-3-5-24-17;/h2*2-5,10-11,13H,6-9,12H2,1H3,(H,29,30);1H/t2*13-;/m00./s1. The van der Waals surface area contributed by atoms with E-state index in [2.05, 4.69) is 19.8 Å². The van der Waals surface area contributed by atoms with E-state index in [1.165, 1.54) is 12.4 Å². The molecule has 4 aromatic heterocycles. The van der Waals surface area contributed by atoms with E-state index in [0.29, 0.717) is 86.3 Å². The largest absolute Gasteiger partial charge is 0.487 e. The summed E-state index contributed by atoms with van der Waals surface area (Å²) >= 11 is 0. The van der Waals surface area contributed by atoms with Crippen LogP contribution in [0.25, 0.3) is 21.8 Å². The number of aromatic carboxylic acids is 2. The lowest BCUT2D eigenvalue weighted by molar-refractivity contribution is 0.0683. The highest BCUT2D eigenvalue weighted by molar-refractivity contribution is 5.98. The minimum atomic E-state index is -1.33. The first-order valence-corrected chi connectivity index (χ1v) is 20.3. The second-order valence-corrected chi connectivity index (χ2v) is 15.7. The number of rotatable bonds is 6. The van der Waals surface area contributed by atoms with Crippen LogP contribution in [0.5, 0.6) is 11.5 Å². The molecule has 63 heavy (non-hydrogen) atoms. The van der Waals surface area contributed by atoms with Crippen molar-refractivity contribution in [1.82, 2.24) is 19.1 Å². The van der Waals surface area contributed by atoms with Gasteiger partial charge in [0.25, 0.3) is 0 Å². The predicted molar refractivity (Wildman–Crippen MR) is 235 cm³/mol. The van der Waals surface area contributed by atoms with Gasteiger partial charge in [0.1, 0.15) is 47.4 Å². The van der Waals surface area contributed by atoms with Crippen molar-refractivity contribution in [3.8, 4) is 11.5 Å². The third kappa shape index (κ3) is 7.57. The van der Waals surface area contributed by atoms with Crippen molar-refractivity contribution in [1.29, 1.82) is 0 Å². The number of nitrogens with zero attached hydrogens (tertiary/aromatic N) is 8. The summed E-state index contributed by atoms with van der Waals surface area (Å²) in [6.45, 7) is 9.13. The van der Waals surface area contributed by atoms with Crippen molar-refractivity contribution in [2.75, 3.05) is 85.2 Å². The highest BCUT2D eigenvalue weighted by atomic mass is 35.5. The number of hydrogen-bond acceptors (Lipinski definition) is 12. The number of ether oxygens (including phenoxy) is 2. The molecule has 0 saturated carbocycles. The van der Waals surface area contributed by atoms with Crippen LogP contribution < -0.4 is 39.9 Å². The van der Waals surface area contributed by atoms with Crippen LogP contribution in [0.1, 0.15) is 46.6 Å². The maximum absolute atomic E-state index is 15.3. The van der Waals surface area contributed by atoms with Gasteiger partial charge in [0.05, 0.1) is 33.9 Å². The lowest BCUT2D eigenvalue weighted by Gasteiger charge is -2.38. The van der Waals surface area contributed by atoms with Gasteiger partial charge in [-0.05, 0) is 50.2 Å². The molecule has 0 radical (unpaired) electrons. The Labute approximate surface area is 364 Å². The summed E-state index contributed by atoms with van der Waals surface area (Å²) in [6.07, 6.45) is 6.16. The molecular weight excluding hydrogens is 842 g/mol. The van der Waals surface area contributed by atoms with E-state index in [-0.39, 0.29) is 59.6 Å². The lowest BCUT2D eigenvalue weighted by atomic mass is 10.1. The van der Waals surface area contributed by atoms with Gasteiger partial charge in [0.2, 0.25) is 10.9 Å². The third-order valence-corrected chi connectivity index (χ3v) is 11.9. The summed E-state index contributed by atoms with van der Waals surface area (Å²) in [5, 5.41) is 18.9. The van der Waals surface area contributed by atoms with Crippen molar-refractivity contribution < 1.29 is 38.1 Å². The number of anilines is 4. The Hall–Kier alpha value is -6.95. The van der Waals surface area contributed by atoms with Crippen LogP contribution in [0.2, 0.25) is 0 Å². The molecule has 19 heteroatoms. The zero-order valence-electron chi connectivity index (χ0n) is 34.2. The average molecular weight is 885 g/mol. The maximum atomic E-state index is 15.3. The van der Waals surface area contributed by atoms with Crippen LogP contribution in [-0.2, 0) is 0 Å². The van der Waals surface area contributed by atoms with E-state index in [4.69, 9.17) is 9.47 Å².